The quantitative estimate of drug-likeness (QED) is 0.745. The van der Waals surface area contributed by atoms with Gasteiger partial charge in [-0.1, -0.05) is 65.0 Å². The Bertz CT molecular complexity index is 427. The zero-order valence-electron chi connectivity index (χ0n) is 12.3. The van der Waals surface area contributed by atoms with Crippen molar-refractivity contribution >= 4 is 17.6 Å². The van der Waals surface area contributed by atoms with E-state index in [9.17, 15) is 0 Å². The molecule has 100 valence electrons. The molecule has 0 atom stereocenters. The first-order valence-electron chi connectivity index (χ1n) is 6.31. The molecule has 0 bridgehead atoms. The topological polar surface area (TPSA) is 9.23 Å². The van der Waals surface area contributed by atoms with E-state index >= 15 is 0 Å². The number of methoxy groups -OCH3 is 1. The Kier molecular flexibility index (Phi) is 4.68. The van der Waals surface area contributed by atoms with E-state index in [1.807, 2.05) is 5.37 Å². The largest absolute Gasteiger partial charge is 0.380 e. The fraction of sp³-hybridized carbons (Fsp3) is 0.562. The second-order valence-electron chi connectivity index (χ2n) is 6.44. The van der Waals surface area contributed by atoms with Crippen LogP contribution in [0.4, 0.5) is 0 Å². The molecule has 0 heterocycles. The van der Waals surface area contributed by atoms with E-state index in [4.69, 9.17) is 17.0 Å². The molecule has 0 aliphatic carbocycles. The third-order valence-electron chi connectivity index (χ3n) is 3.21. The van der Waals surface area contributed by atoms with Crippen molar-refractivity contribution in [1.29, 1.82) is 0 Å². The molecular weight excluding hydrogens is 240 g/mol. The number of ether oxygens (including phenoxy) is 1. The second-order valence-corrected chi connectivity index (χ2v) is 6.68. The lowest BCUT2D eigenvalue weighted by atomic mass is 9.79. The second kappa shape index (κ2) is 5.50. The SMILES string of the molecule is COCc1cc(C(C)(C)C)cc(C(C)(C)C=S)c1. The van der Waals surface area contributed by atoms with Crippen LogP contribution in [-0.2, 0) is 22.2 Å². The molecule has 2 heteroatoms. The van der Waals surface area contributed by atoms with Crippen LogP contribution >= 0.6 is 12.2 Å². The average Bonchev–Trinajstić information content (AvgIpc) is 2.28. The maximum Gasteiger partial charge on any atom is 0.0713 e. The van der Waals surface area contributed by atoms with Gasteiger partial charge in [-0.15, -0.1) is 0 Å². The van der Waals surface area contributed by atoms with Crippen LogP contribution in [0.5, 0.6) is 0 Å². The van der Waals surface area contributed by atoms with Crippen molar-refractivity contribution in [3.8, 4) is 0 Å². The van der Waals surface area contributed by atoms with E-state index in [0.29, 0.717) is 6.61 Å². The zero-order chi connectivity index (χ0) is 14.0. The Hall–Kier alpha value is -0.730. The van der Waals surface area contributed by atoms with Crippen molar-refractivity contribution in [3.63, 3.8) is 0 Å². The summed E-state index contributed by atoms with van der Waals surface area (Å²) in [7, 11) is 1.73. The van der Waals surface area contributed by atoms with Gasteiger partial charge >= 0.3 is 0 Å². The van der Waals surface area contributed by atoms with Gasteiger partial charge in [-0.05, 0) is 27.5 Å². The molecule has 0 aliphatic heterocycles. The Labute approximate surface area is 117 Å². The molecule has 1 aromatic carbocycles. The van der Waals surface area contributed by atoms with E-state index in [-0.39, 0.29) is 10.8 Å². The van der Waals surface area contributed by atoms with Crippen LogP contribution in [0, 0.1) is 0 Å². The molecule has 0 amide bonds. The highest BCUT2D eigenvalue weighted by molar-refractivity contribution is 7.79. The number of rotatable bonds is 4. The molecule has 0 saturated heterocycles. The smallest absolute Gasteiger partial charge is 0.0713 e. The van der Waals surface area contributed by atoms with Crippen LogP contribution in [0.3, 0.4) is 0 Å². The van der Waals surface area contributed by atoms with Crippen LogP contribution in [0.15, 0.2) is 18.2 Å². The van der Waals surface area contributed by atoms with Gasteiger partial charge in [-0.3, -0.25) is 0 Å². The van der Waals surface area contributed by atoms with Crippen molar-refractivity contribution in [2.24, 2.45) is 0 Å². The van der Waals surface area contributed by atoms with Crippen molar-refractivity contribution in [2.75, 3.05) is 7.11 Å². The van der Waals surface area contributed by atoms with Crippen molar-refractivity contribution < 1.29 is 4.74 Å². The summed E-state index contributed by atoms with van der Waals surface area (Å²) in [4.78, 5) is 0. The van der Waals surface area contributed by atoms with E-state index in [0.717, 1.165) is 0 Å². The van der Waals surface area contributed by atoms with Crippen LogP contribution < -0.4 is 0 Å². The summed E-state index contributed by atoms with van der Waals surface area (Å²) in [6.07, 6.45) is 0. The monoisotopic (exact) mass is 264 g/mol. The van der Waals surface area contributed by atoms with Gasteiger partial charge in [-0.25, -0.2) is 0 Å². The third kappa shape index (κ3) is 3.63. The zero-order valence-corrected chi connectivity index (χ0v) is 13.1. The molecule has 0 radical (unpaired) electrons. The Balaban J connectivity index is 3.35. The predicted octanol–water partition coefficient (Wildman–Crippen LogP) is 4.41. The molecule has 0 unspecified atom stereocenters. The van der Waals surface area contributed by atoms with Gasteiger partial charge in [0.1, 0.15) is 0 Å². The van der Waals surface area contributed by atoms with Gasteiger partial charge in [0.15, 0.2) is 0 Å². The molecule has 0 saturated carbocycles. The molecule has 1 aromatic rings. The highest BCUT2D eigenvalue weighted by Gasteiger charge is 2.22. The first-order chi connectivity index (χ1) is 8.20. The normalized spacial score (nSPS) is 12.6. The molecule has 1 nitrogen and oxygen atoms in total. The van der Waals surface area contributed by atoms with Crippen molar-refractivity contribution in [2.45, 2.75) is 52.1 Å². The first-order valence-corrected chi connectivity index (χ1v) is 6.78. The third-order valence-corrected chi connectivity index (χ3v) is 3.80. The Morgan fingerprint density at radius 2 is 1.61 bits per heavy atom. The average molecular weight is 264 g/mol. The molecular formula is C16H24OS. The minimum Gasteiger partial charge on any atom is -0.380 e. The highest BCUT2D eigenvalue weighted by Crippen LogP contribution is 2.30. The van der Waals surface area contributed by atoms with E-state index < -0.39 is 0 Å². The van der Waals surface area contributed by atoms with Crippen molar-refractivity contribution in [1.82, 2.24) is 0 Å². The van der Waals surface area contributed by atoms with Gasteiger partial charge in [-0.2, -0.15) is 0 Å². The summed E-state index contributed by atoms with van der Waals surface area (Å²) in [5, 5.41) is 1.84. The molecule has 0 aromatic heterocycles. The maximum atomic E-state index is 5.26. The van der Waals surface area contributed by atoms with Crippen LogP contribution in [-0.4, -0.2) is 12.5 Å². The highest BCUT2D eigenvalue weighted by atomic mass is 32.1. The predicted molar refractivity (Wildman–Crippen MR) is 82.5 cm³/mol. The van der Waals surface area contributed by atoms with E-state index in [1.165, 1.54) is 16.7 Å². The van der Waals surface area contributed by atoms with Crippen LogP contribution in [0.2, 0.25) is 0 Å². The molecule has 0 aliphatic rings. The van der Waals surface area contributed by atoms with Crippen LogP contribution in [0.25, 0.3) is 0 Å². The van der Waals surface area contributed by atoms with Gasteiger partial charge in [0, 0.05) is 12.5 Å². The number of hydrogen-bond donors (Lipinski definition) is 0. The minimum atomic E-state index is -0.0842. The fourth-order valence-electron chi connectivity index (χ4n) is 1.82. The van der Waals surface area contributed by atoms with Crippen LogP contribution in [0.1, 0.15) is 51.3 Å². The summed E-state index contributed by atoms with van der Waals surface area (Å²) in [5.41, 5.74) is 3.86. The molecule has 1 rings (SSSR count). The summed E-state index contributed by atoms with van der Waals surface area (Å²) >= 11 is 5.16. The van der Waals surface area contributed by atoms with Crippen molar-refractivity contribution in [3.05, 3.63) is 34.9 Å². The summed E-state index contributed by atoms with van der Waals surface area (Å²) < 4.78 is 5.26. The summed E-state index contributed by atoms with van der Waals surface area (Å²) in [6, 6.07) is 6.69. The van der Waals surface area contributed by atoms with Gasteiger partial charge in [0.2, 0.25) is 0 Å². The Morgan fingerprint density at radius 3 is 2.06 bits per heavy atom. The number of benzene rings is 1. The molecule has 0 fully saturated rings. The minimum absolute atomic E-state index is 0.0842. The summed E-state index contributed by atoms with van der Waals surface area (Å²) in [5.74, 6) is 0. The van der Waals surface area contributed by atoms with E-state index in [1.54, 1.807) is 7.11 Å². The first kappa shape index (κ1) is 15.3. The molecule has 0 spiro atoms. The van der Waals surface area contributed by atoms with E-state index in [2.05, 4.69) is 52.8 Å². The number of thiocarbonyl (C=S) groups is 1. The standard InChI is InChI=1S/C16H24OS/c1-15(2,3)13-7-12(10-17-6)8-14(9-13)16(4,5)11-18/h7-9,11H,10H2,1-6H3. The summed E-state index contributed by atoms with van der Waals surface area (Å²) in [6.45, 7) is 11.6. The Morgan fingerprint density at radius 1 is 1.06 bits per heavy atom. The lowest BCUT2D eigenvalue weighted by Gasteiger charge is -2.26. The number of hydrogen-bond acceptors (Lipinski definition) is 2. The van der Waals surface area contributed by atoms with Gasteiger partial charge in [0.05, 0.1) is 6.61 Å². The van der Waals surface area contributed by atoms with Gasteiger partial charge < -0.3 is 4.74 Å². The molecule has 0 N–H and O–H groups in total. The maximum absolute atomic E-state index is 5.26. The fourth-order valence-corrected chi connectivity index (χ4v) is 1.95. The van der Waals surface area contributed by atoms with Gasteiger partial charge in [0.25, 0.3) is 0 Å². The lowest BCUT2D eigenvalue weighted by Crippen LogP contribution is -2.20. The molecule has 18 heavy (non-hydrogen) atoms. The lowest BCUT2D eigenvalue weighted by molar-refractivity contribution is 0.184.